The number of carbonyl (C=O) groups excluding carboxylic acids is 2. The van der Waals surface area contributed by atoms with E-state index in [2.05, 4.69) is 4.98 Å². The quantitative estimate of drug-likeness (QED) is 0.700. The minimum absolute atomic E-state index is 0.0184. The van der Waals surface area contributed by atoms with Crippen molar-refractivity contribution in [1.29, 1.82) is 0 Å². The molecule has 0 bridgehead atoms. The van der Waals surface area contributed by atoms with Crippen molar-refractivity contribution in [2.75, 3.05) is 24.5 Å². The van der Waals surface area contributed by atoms with Gasteiger partial charge in [0, 0.05) is 32.4 Å². The molecule has 0 unspecified atom stereocenters. The molecule has 2 aliphatic rings. The third-order valence-electron chi connectivity index (χ3n) is 5.56. The van der Waals surface area contributed by atoms with Crippen LogP contribution < -0.4 is 4.90 Å². The molecular formula is C19H23N5O4S. The van der Waals surface area contributed by atoms with E-state index in [9.17, 15) is 18.0 Å². The normalized spacial score (nSPS) is 19.4. The number of imide groups is 1. The zero-order chi connectivity index (χ0) is 20.8. The molecule has 0 saturated carbocycles. The van der Waals surface area contributed by atoms with Gasteiger partial charge in [-0.3, -0.25) is 4.79 Å². The molecule has 2 aliphatic heterocycles. The van der Waals surface area contributed by atoms with Gasteiger partial charge in [-0.25, -0.2) is 23.1 Å². The number of carbonyl (C=O) groups is 2. The first-order chi connectivity index (χ1) is 13.8. The maximum Gasteiger partial charge on any atom is 0.332 e. The Labute approximate surface area is 169 Å². The molecule has 0 atom stereocenters. The van der Waals surface area contributed by atoms with Crippen LogP contribution in [-0.4, -0.2) is 64.8 Å². The first kappa shape index (κ1) is 19.6. The zero-order valence-corrected chi connectivity index (χ0v) is 17.2. The summed E-state index contributed by atoms with van der Waals surface area (Å²) in [6, 6.07) is 8.32. The van der Waals surface area contributed by atoms with Crippen LogP contribution in [0.2, 0.25) is 0 Å². The molecule has 154 valence electrons. The molecule has 0 spiro atoms. The molecule has 3 amide bonds. The number of anilines is 1. The summed E-state index contributed by atoms with van der Waals surface area (Å²) in [6.45, 7) is 2.34. The first-order valence-electron chi connectivity index (χ1n) is 9.48. The molecule has 0 N–H and O–H groups in total. The van der Waals surface area contributed by atoms with Crippen molar-refractivity contribution < 1.29 is 18.0 Å². The number of aryl methyl sites for hydroxylation is 2. The Balaban J connectivity index is 1.45. The molecule has 4 rings (SSSR count). The minimum atomic E-state index is -3.67. The second-order valence-electron chi connectivity index (χ2n) is 7.35. The molecule has 1 aromatic heterocycles. The highest BCUT2D eigenvalue weighted by atomic mass is 32.2. The van der Waals surface area contributed by atoms with Crippen molar-refractivity contribution in [3.05, 3.63) is 42.4 Å². The van der Waals surface area contributed by atoms with Crippen LogP contribution >= 0.6 is 0 Å². The van der Waals surface area contributed by atoms with E-state index < -0.39 is 10.0 Å². The number of imidazole rings is 1. The molecule has 1 aromatic carbocycles. The predicted octanol–water partition coefficient (Wildman–Crippen LogP) is 1.35. The Bertz CT molecular complexity index is 1020. The predicted molar refractivity (Wildman–Crippen MR) is 106 cm³/mol. The van der Waals surface area contributed by atoms with Crippen molar-refractivity contribution in [2.24, 2.45) is 7.05 Å². The Morgan fingerprint density at radius 1 is 1.07 bits per heavy atom. The topological polar surface area (TPSA) is 95.8 Å². The van der Waals surface area contributed by atoms with E-state index in [-0.39, 0.29) is 42.6 Å². The summed E-state index contributed by atoms with van der Waals surface area (Å²) in [4.78, 5) is 32.2. The summed E-state index contributed by atoms with van der Waals surface area (Å²) < 4.78 is 28.8. The van der Waals surface area contributed by atoms with Gasteiger partial charge in [0.1, 0.15) is 12.4 Å². The van der Waals surface area contributed by atoms with E-state index in [4.69, 9.17) is 0 Å². The van der Waals surface area contributed by atoms with Crippen molar-refractivity contribution in [3.8, 4) is 0 Å². The molecule has 0 radical (unpaired) electrons. The van der Waals surface area contributed by atoms with Crippen LogP contribution in [0, 0.1) is 6.92 Å². The van der Waals surface area contributed by atoms with Gasteiger partial charge < -0.3 is 9.47 Å². The van der Waals surface area contributed by atoms with Gasteiger partial charge in [0.15, 0.2) is 5.03 Å². The molecule has 2 saturated heterocycles. The number of amides is 3. The van der Waals surface area contributed by atoms with Crippen LogP contribution in [-0.2, 0) is 21.9 Å². The summed E-state index contributed by atoms with van der Waals surface area (Å²) in [5.41, 5.74) is 0.551. The summed E-state index contributed by atoms with van der Waals surface area (Å²) in [5, 5.41) is 0.0404. The van der Waals surface area contributed by atoms with Gasteiger partial charge in [0.05, 0.1) is 5.69 Å². The Hall–Kier alpha value is -2.72. The van der Waals surface area contributed by atoms with Gasteiger partial charge in [-0.15, -0.1) is 0 Å². The summed E-state index contributed by atoms with van der Waals surface area (Å²) >= 11 is 0. The number of hydrogen-bond donors (Lipinski definition) is 0. The molecule has 10 heteroatoms. The first-order valence-corrected chi connectivity index (χ1v) is 10.9. The Morgan fingerprint density at radius 2 is 1.72 bits per heavy atom. The number of rotatable bonds is 4. The van der Waals surface area contributed by atoms with Crippen molar-refractivity contribution in [2.45, 2.75) is 30.8 Å². The molecule has 2 aromatic rings. The van der Waals surface area contributed by atoms with Crippen LogP contribution in [0.5, 0.6) is 0 Å². The number of nitrogens with zero attached hydrogens (tertiary/aromatic N) is 5. The highest BCUT2D eigenvalue weighted by Gasteiger charge is 2.42. The third kappa shape index (κ3) is 3.42. The highest BCUT2D eigenvalue weighted by Crippen LogP contribution is 2.28. The van der Waals surface area contributed by atoms with E-state index in [0.29, 0.717) is 24.4 Å². The molecule has 2 fully saturated rings. The summed E-state index contributed by atoms with van der Waals surface area (Å²) in [6.07, 6.45) is 2.47. The van der Waals surface area contributed by atoms with E-state index in [0.717, 1.165) is 0 Å². The van der Waals surface area contributed by atoms with Crippen LogP contribution in [0.25, 0.3) is 0 Å². The molecule has 3 heterocycles. The van der Waals surface area contributed by atoms with Crippen molar-refractivity contribution in [1.82, 2.24) is 18.8 Å². The van der Waals surface area contributed by atoms with E-state index in [1.807, 2.05) is 6.07 Å². The largest absolute Gasteiger partial charge is 0.337 e. The zero-order valence-electron chi connectivity index (χ0n) is 16.4. The van der Waals surface area contributed by atoms with Crippen molar-refractivity contribution in [3.63, 3.8) is 0 Å². The average Bonchev–Trinajstić information content (AvgIpc) is 3.21. The lowest BCUT2D eigenvalue weighted by atomic mass is 10.1. The molecule has 29 heavy (non-hydrogen) atoms. The van der Waals surface area contributed by atoms with E-state index >= 15 is 0 Å². The SMILES string of the molecule is Cc1nc(S(=O)(=O)N2CCC(N3CC(=O)N(c4ccccc4)C3=O)CC2)cn1C. The van der Waals surface area contributed by atoms with E-state index in [1.165, 1.54) is 15.4 Å². The van der Waals surface area contributed by atoms with Crippen LogP contribution in [0.15, 0.2) is 41.6 Å². The fourth-order valence-corrected chi connectivity index (χ4v) is 5.31. The Kier molecular flexibility index (Phi) is 4.91. The van der Waals surface area contributed by atoms with Gasteiger partial charge in [-0.1, -0.05) is 18.2 Å². The van der Waals surface area contributed by atoms with Gasteiger partial charge in [0.2, 0.25) is 0 Å². The number of piperidine rings is 1. The molecular weight excluding hydrogens is 394 g/mol. The number of aromatic nitrogens is 2. The lowest BCUT2D eigenvalue weighted by Crippen LogP contribution is -2.48. The smallest absolute Gasteiger partial charge is 0.332 e. The standard InChI is InChI=1S/C19H23N5O4S/c1-14-20-17(12-21(14)2)29(27,28)22-10-8-15(9-11-22)23-13-18(25)24(19(23)26)16-6-4-3-5-7-16/h3-7,12,15H,8-11,13H2,1-2H3. The highest BCUT2D eigenvalue weighted by molar-refractivity contribution is 7.89. The summed E-state index contributed by atoms with van der Waals surface area (Å²) in [5.74, 6) is 0.362. The molecule has 0 aliphatic carbocycles. The van der Waals surface area contributed by atoms with E-state index in [1.54, 1.807) is 47.7 Å². The third-order valence-corrected chi connectivity index (χ3v) is 7.33. The maximum atomic E-state index is 12.8. The number of urea groups is 1. The lowest BCUT2D eigenvalue weighted by molar-refractivity contribution is -0.116. The van der Waals surface area contributed by atoms with Crippen molar-refractivity contribution >= 4 is 27.6 Å². The monoisotopic (exact) mass is 417 g/mol. The number of para-hydroxylation sites is 1. The fraction of sp³-hybridized carbons (Fsp3) is 0.421. The van der Waals surface area contributed by atoms with Gasteiger partial charge in [0.25, 0.3) is 15.9 Å². The Morgan fingerprint density at radius 3 is 2.31 bits per heavy atom. The lowest BCUT2D eigenvalue weighted by Gasteiger charge is -2.35. The minimum Gasteiger partial charge on any atom is -0.337 e. The second-order valence-corrected chi connectivity index (χ2v) is 9.23. The summed E-state index contributed by atoms with van der Waals surface area (Å²) in [7, 11) is -1.92. The number of sulfonamides is 1. The molecule has 9 nitrogen and oxygen atoms in total. The number of benzene rings is 1. The van der Waals surface area contributed by atoms with Gasteiger partial charge >= 0.3 is 6.03 Å². The van der Waals surface area contributed by atoms with Crippen LogP contribution in [0.4, 0.5) is 10.5 Å². The van der Waals surface area contributed by atoms with Gasteiger partial charge in [-0.2, -0.15) is 4.31 Å². The average molecular weight is 417 g/mol. The van der Waals surface area contributed by atoms with Crippen LogP contribution in [0.3, 0.4) is 0 Å². The van der Waals surface area contributed by atoms with Gasteiger partial charge in [-0.05, 0) is 31.9 Å². The second kappa shape index (κ2) is 7.27. The number of hydrogen-bond acceptors (Lipinski definition) is 5. The van der Waals surface area contributed by atoms with Crippen LogP contribution in [0.1, 0.15) is 18.7 Å². The fourth-order valence-electron chi connectivity index (χ4n) is 3.81. The maximum absolute atomic E-state index is 12.8.